The van der Waals surface area contributed by atoms with E-state index < -0.39 is 10.0 Å². The molecular formula is C12H12N4O3S. The van der Waals surface area contributed by atoms with Crippen molar-refractivity contribution in [2.45, 2.75) is 5.03 Å². The van der Waals surface area contributed by atoms with E-state index in [9.17, 15) is 13.6 Å². The molecule has 1 N–H and O–H groups in total. The van der Waals surface area contributed by atoms with Gasteiger partial charge in [0.1, 0.15) is 5.71 Å². The van der Waals surface area contributed by atoms with Crippen LogP contribution in [-0.2, 0) is 17.1 Å². The van der Waals surface area contributed by atoms with Crippen LogP contribution in [0.2, 0.25) is 0 Å². The van der Waals surface area contributed by atoms with Gasteiger partial charge < -0.3 is 5.21 Å². The third kappa shape index (κ3) is 1.54. The average Bonchev–Trinajstić information content (AvgIpc) is 2.79. The molecule has 2 aromatic rings. The van der Waals surface area contributed by atoms with Crippen LogP contribution < -0.4 is 4.31 Å². The number of aryl methyl sites for hydroxylation is 1. The summed E-state index contributed by atoms with van der Waals surface area (Å²) in [4.78, 5) is 0. The molecule has 3 rings (SSSR count). The molecule has 0 saturated carbocycles. The summed E-state index contributed by atoms with van der Waals surface area (Å²) >= 11 is 0. The molecule has 1 aromatic carbocycles. The van der Waals surface area contributed by atoms with E-state index in [4.69, 9.17) is 0 Å². The molecule has 2 heterocycles. The highest BCUT2D eigenvalue weighted by molar-refractivity contribution is 7.92. The van der Waals surface area contributed by atoms with Crippen LogP contribution in [-0.4, -0.2) is 36.2 Å². The SMILES string of the molecule is CN1c2ccccc2/C(=N/O)c2cn(C)nc2S1(=O)=O. The second-order valence-electron chi connectivity index (χ2n) is 4.46. The number of sulfonamides is 1. The molecule has 1 aliphatic heterocycles. The third-order valence-electron chi connectivity index (χ3n) is 3.25. The van der Waals surface area contributed by atoms with E-state index in [1.54, 1.807) is 31.3 Å². The molecular weight excluding hydrogens is 280 g/mol. The summed E-state index contributed by atoms with van der Waals surface area (Å²) in [5.74, 6) is 0. The maximum atomic E-state index is 12.6. The Balaban J connectivity index is 2.47. The maximum Gasteiger partial charge on any atom is 0.284 e. The van der Waals surface area contributed by atoms with Crippen molar-refractivity contribution in [1.82, 2.24) is 9.78 Å². The summed E-state index contributed by atoms with van der Waals surface area (Å²) in [7, 11) is -0.716. The number of hydrogen-bond donors (Lipinski definition) is 1. The summed E-state index contributed by atoms with van der Waals surface area (Å²) < 4.78 is 27.7. The molecule has 0 atom stereocenters. The first-order valence-electron chi connectivity index (χ1n) is 5.81. The van der Waals surface area contributed by atoms with Gasteiger partial charge in [0.2, 0.25) is 5.03 Å². The van der Waals surface area contributed by atoms with E-state index in [1.807, 2.05) is 0 Å². The van der Waals surface area contributed by atoms with E-state index in [0.29, 0.717) is 11.3 Å². The first kappa shape index (κ1) is 12.7. The Hall–Kier alpha value is -2.35. The van der Waals surface area contributed by atoms with Gasteiger partial charge >= 0.3 is 0 Å². The van der Waals surface area contributed by atoms with Crippen LogP contribution in [0.3, 0.4) is 0 Å². The Morgan fingerprint density at radius 3 is 2.60 bits per heavy atom. The van der Waals surface area contributed by atoms with Crippen molar-refractivity contribution in [3.05, 3.63) is 41.6 Å². The van der Waals surface area contributed by atoms with Crippen LogP contribution in [0.4, 0.5) is 5.69 Å². The highest BCUT2D eigenvalue weighted by atomic mass is 32.2. The number of fused-ring (bicyclic) bond motifs is 2. The van der Waals surface area contributed by atoms with Crippen LogP contribution in [0.25, 0.3) is 0 Å². The molecule has 0 spiro atoms. The lowest BCUT2D eigenvalue weighted by Gasteiger charge is -2.18. The molecule has 104 valence electrons. The van der Waals surface area contributed by atoms with Gasteiger partial charge in [0, 0.05) is 25.9 Å². The van der Waals surface area contributed by atoms with Crippen LogP contribution >= 0.6 is 0 Å². The van der Waals surface area contributed by atoms with Crippen molar-refractivity contribution in [3.8, 4) is 0 Å². The van der Waals surface area contributed by atoms with E-state index >= 15 is 0 Å². The minimum Gasteiger partial charge on any atom is -0.410 e. The second kappa shape index (κ2) is 4.07. The molecule has 0 saturated heterocycles. The predicted molar refractivity (Wildman–Crippen MR) is 72.7 cm³/mol. The van der Waals surface area contributed by atoms with E-state index in [0.717, 1.165) is 4.31 Å². The van der Waals surface area contributed by atoms with Gasteiger partial charge in [-0.05, 0) is 6.07 Å². The summed E-state index contributed by atoms with van der Waals surface area (Å²) in [5.41, 5.74) is 1.46. The normalized spacial score (nSPS) is 18.5. The number of anilines is 1. The average molecular weight is 292 g/mol. The zero-order valence-electron chi connectivity index (χ0n) is 10.8. The third-order valence-corrected chi connectivity index (χ3v) is 4.96. The fourth-order valence-electron chi connectivity index (χ4n) is 2.28. The number of hydrogen-bond acceptors (Lipinski definition) is 5. The smallest absolute Gasteiger partial charge is 0.284 e. The van der Waals surface area contributed by atoms with Crippen molar-refractivity contribution < 1.29 is 13.6 Å². The lowest BCUT2D eigenvalue weighted by Crippen LogP contribution is -2.27. The van der Waals surface area contributed by atoms with Crippen LogP contribution in [0.1, 0.15) is 11.1 Å². The molecule has 7 nitrogen and oxygen atoms in total. The predicted octanol–water partition coefficient (Wildman–Crippen LogP) is 0.785. The van der Waals surface area contributed by atoms with Crippen LogP contribution in [0, 0.1) is 0 Å². The molecule has 1 aromatic heterocycles. The van der Waals surface area contributed by atoms with Gasteiger partial charge in [-0.15, -0.1) is 0 Å². The summed E-state index contributed by atoms with van der Waals surface area (Å²) in [6, 6.07) is 6.84. The molecule has 0 aliphatic carbocycles. The van der Waals surface area contributed by atoms with Crippen molar-refractivity contribution in [3.63, 3.8) is 0 Å². The fourth-order valence-corrected chi connectivity index (χ4v) is 3.62. The highest BCUT2D eigenvalue weighted by Gasteiger charge is 2.35. The lowest BCUT2D eigenvalue weighted by molar-refractivity contribution is 0.319. The van der Waals surface area contributed by atoms with E-state index in [-0.39, 0.29) is 16.3 Å². The second-order valence-corrected chi connectivity index (χ2v) is 6.34. The van der Waals surface area contributed by atoms with Crippen molar-refractivity contribution >= 4 is 21.4 Å². The van der Waals surface area contributed by atoms with Gasteiger partial charge in [0.15, 0.2) is 0 Å². The number of nitrogens with zero attached hydrogens (tertiary/aromatic N) is 4. The van der Waals surface area contributed by atoms with E-state index in [2.05, 4.69) is 10.3 Å². The Kier molecular flexibility index (Phi) is 2.58. The largest absolute Gasteiger partial charge is 0.410 e. The van der Waals surface area contributed by atoms with Gasteiger partial charge in [-0.25, -0.2) is 0 Å². The Morgan fingerprint density at radius 1 is 1.20 bits per heavy atom. The molecule has 1 aliphatic rings. The molecule has 0 unspecified atom stereocenters. The Bertz CT molecular complexity index is 823. The minimum atomic E-state index is -3.78. The summed E-state index contributed by atoms with van der Waals surface area (Å²) in [6.45, 7) is 0. The topological polar surface area (TPSA) is 87.8 Å². The number of benzene rings is 1. The zero-order chi connectivity index (χ0) is 14.5. The molecule has 20 heavy (non-hydrogen) atoms. The monoisotopic (exact) mass is 292 g/mol. The minimum absolute atomic E-state index is 0.119. The molecule has 8 heteroatoms. The van der Waals surface area contributed by atoms with Gasteiger partial charge in [-0.1, -0.05) is 23.4 Å². The summed E-state index contributed by atoms with van der Waals surface area (Å²) in [5, 5.41) is 16.5. The highest BCUT2D eigenvalue weighted by Crippen LogP contribution is 2.33. The van der Waals surface area contributed by atoms with Crippen molar-refractivity contribution in [2.75, 3.05) is 11.4 Å². The lowest BCUT2D eigenvalue weighted by atomic mass is 10.0. The number of aromatic nitrogens is 2. The molecule has 0 amide bonds. The van der Waals surface area contributed by atoms with Gasteiger partial charge in [-0.2, -0.15) is 13.5 Å². The van der Waals surface area contributed by atoms with Crippen molar-refractivity contribution in [1.29, 1.82) is 0 Å². The quantitative estimate of drug-likeness (QED) is 0.574. The Morgan fingerprint density at radius 2 is 1.90 bits per heavy atom. The molecule has 0 fully saturated rings. The first-order chi connectivity index (χ1) is 9.46. The Labute approximate surface area is 115 Å². The van der Waals surface area contributed by atoms with Crippen LogP contribution in [0.5, 0.6) is 0 Å². The number of oxime groups is 1. The van der Waals surface area contributed by atoms with Crippen LogP contribution in [0.15, 0.2) is 40.6 Å². The van der Waals surface area contributed by atoms with Gasteiger partial charge in [0.25, 0.3) is 10.0 Å². The summed E-state index contributed by atoms with van der Waals surface area (Å²) in [6.07, 6.45) is 1.53. The van der Waals surface area contributed by atoms with Gasteiger partial charge in [-0.3, -0.25) is 8.99 Å². The molecule has 0 radical (unpaired) electrons. The first-order valence-corrected chi connectivity index (χ1v) is 7.25. The maximum absolute atomic E-state index is 12.6. The molecule has 0 bridgehead atoms. The van der Waals surface area contributed by atoms with Crippen molar-refractivity contribution in [2.24, 2.45) is 12.2 Å². The fraction of sp³-hybridized carbons (Fsp3) is 0.167. The standard InChI is InChI=1S/C12H12N4O3S/c1-15-7-9-11(14-17)8-5-3-4-6-10(8)16(2)20(18,19)12(9)13-15/h3-7,17H,1-2H3/b14-11-. The van der Waals surface area contributed by atoms with E-state index in [1.165, 1.54) is 17.9 Å². The number of rotatable bonds is 0. The van der Waals surface area contributed by atoms with Gasteiger partial charge in [0.05, 0.1) is 11.3 Å². The number of para-hydroxylation sites is 1. The zero-order valence-corrected chi connectivity index (χ0v) is 11.7.